The summed E-state index contributed by atoms with van der Waals surface area (Å²) in [6.07, 6.45) is 0. The van der Waals surface area contributed by atoms with Crippen molar-refractivity contribution in [3.8, 4) is 0 Å². The summed E-state index contributed by atoms with van der Waals surface area (Å²) in [5.74, 6) is 0. The van der Waals surface area contributed by atoms with E-state index in [2.05, 4.69) is 22.2 Å². The molecule has 0 atom stereocenters. The number of morpholine rings is 1. The minimum absolute atomic E-state index is 0.776. The fourth-order valence-electron chi connectivity index (χ4n) is 2.31. The monoisotopic (exact) mass is 286 g/mol. The first-order valence-electron chi connectivity index (χ1n) is 6.95. The Kier molecular flexibility index (Phi) is 5.63. The van der Waals surface area contributed by atoms with Crippen LogP contribution in [0.3, 0.4) is 0 Å². The van der Waals surface area contributed by atoms with Gasteiger partial charge < -0.3 is 10.1 Å². The minimum atomic E-state index is 0.776. The first-order valence-corrected chi connectivity index (χ1v) is 7.32. The number of nitrogens with one attached hydrogen (secondary N) is 1. The van der Waals surface area contributed by atoms with Crippen LogP contribution in [0.25, 0.3) is 0 Å². The van der Waals surface area contributed by atoms with E-state index in [-0.39, 0.29) is 0 Å². The van der Waals surface area contributed by atoms with E-state index in [1.54, 1.807) is 0 Å². The van der Waals surface area contributed by atoms with Crippen LogP contribution in [0.1, 0.15) is 18.3 Å². The zero-order valence-electron chi connectivity index (χ0n) is 11.8. The van der Waals surface area contributed by atoms with Crippen molar-refractivity contribution in [3.05, 3.63) is 16.4 Å². The maximum atomic E-state index is 6.27. The Labute approximate surface area is 119 Å². The van der Waals surface area contributed by atoms with Crippen molar-refractivity contribution in [2.45, 2.75) is 26.9 Å². The highest BCUT2D eigenvalue weighted by atomic mass is 35.5. The van der Waals surface area contributed by atoms with Gasteiger partial charge in [0.1, 0.15) is 0 Å². The maximum Gasteiger partial charge on any atom is 0.0860 e. The van der Waals surface area contributed by atoms with Crippen molar-refractivity contribution < 1.29 is 4.74 Å². The van der Waals surface area contributed by atoms with Gasteiger partial charge in [-0.25, -0.2) is 0 Å². The second-order valence-corrected chi connectivity index (χ2v) is 5.17. The molecule has 2 rings (SSSR count). The molecule has 0 aliphatic carbocycles. The van der Waals surface area contributed by atoms with E-state index in [0.29, 0.717) is 0 Å². The molecule has 0 unspecified atom stereocenters. The third kappa shape index (κ3) is 3.92. The topological polar surface area (TPSA) is 42.3 Å². The molecule has 6 heteroatoms. The molecule has 0 saturated carbocycles. The van der Waals surface area contributed by atoms with Crippen LogP contribution in [0.2, 0.25) is 5.02 Å². The lowest BCUT2D eigenvalue weighted by molar-refractivity contribution is 0.0384. The molecule has 1 aliphatic heterocycles. The van der Waals surface area contributed by atoms with Crippen molar-refractivity contribution in [1.82, 2.24) is 20.0 Å². The molecular weight excluding hydrogens is 264 g/mol. The molecule has 0 bridgehead atoms. The number of ether oxygens (including phenoxy) is 1. The van der Waals surface area contributed by atoms with E-state index in [9.17, 15) is 0 Å². The molecule has 19 heavy (non-hydrogen) atoms. The zero-order valence-corrected chi connectivity index (χ0v) is 12.5. The first-order chi connectivity index (χ1) is 9.22. The number of rotatable bonds is 6. The lowest BCUT2D eigenvalue weighted by atomic mass is 10.3. The summed E-state index contributed by atoms with van der Waals surface area (Å²) >= 11 is 6.27. The van der Waals surface area contributed by atoms with Crippen LogP contribution < -0.4 is 5.32 Å². The molecule has 108 valence electrons. The number of nitrogens with zero attached hydrogens (tertiary/aromatic N) is 3. The van der Waals surface area contributed by atoms with Crippen molar-refractivity contribution in [2.75, 3.05) is 39.4 Å². The average molecular weight is 287 g/mol. The highest BCUT2D eigenvalue weighted by Crippen LogP contribution is 2.19. The maximum absolute atomic E-state index is 6.27. The molecule has 0 amide bonds. The normalized spacial score (nSPS) is 17.0. The van der Waals surface area contributed by atoms with Gasteiger partial charge in [0.2, 0.25) is 0 Å². The second-order valence-electron chi connectivity index (χ2n) is 4.79. The molecule has 1 N–H and O–H groups in total. The van der Waals surface area contributed by atoms with E-state index < -0.39 is 0 Å². The van der Waals surface area contributed by atoms with Gasteiger partial charge in [0, 0.05) is 39.3 Å². The third-order valence-electron chi connectivity index (χ3n) is 3.45. The molecule has 1 fully saturated rings. The average Bonchev–Trinajstić information content (AvgIpc) is 2.72. The largest absolute Gasteiger partial charge is 0.379 e. The third-order valence-corrected chi connectivity index (χ3v) is 3.95. The van der Waals surface area contributed by atoms with Crippen LogP contribution in [-0.4, -0.2) is 54.1 Å². The predicted octanol–water partition coefficient (Wildman–Crippen LogP) is 1.29. The van der Waals surface area contributed by atoms with E-state index >= 15 is 0 Å². The van der Waals surface area contributed by atoms with Gasteiger partial charge >= 0.3 is 0 Å². The number of halogens is 1. The number of aryl methyl sites for hydroxylation is 2. The summed E-state index contributed by atoms with van der Waals surface area (Å²) in [7, 11) is 0. The van der Waals surface area contributed by atoms with Crippen LogP contribution in [0.15, 0.2) is 0 Å². The molecule has 0 spiro atoms. The van der Waals surface area contributed by atoms with E-state index in [1.165, 1.54) is 0 Å². The molecule has 1 saturated heterocycles. The Morgan fingerprint density at radius 2 is 2.11 bits per heavy atom. The molecule has 1 aliphatic rings. The van der Waals surface area contributed by atoms with Gasteiger partial charge in [-0.2, -0.15) is 5.10 Å². The van der Waals surface area contributed by atoms with E-state index in [4.69, 9.17) is 16.3 Å². The van der Waals surface area contributed by atoms with Crippen molar-refractivity contribution in [3.63, 3.8) is 0 Å². The lowest BCUT2D eigenvalue weighted by Gasteiger charge is -2.26. The molecule has 1 aromatic rings. The molecule has 1 aromatic heterocycles. The number of hydrogen-bond donors (Lipinski definition) is 1. The van der Waals surface area contributed by atoms with Crippen molar-refractivity contribution >= 4 is 11.6 Å². The Morgan fingerprint density at radius 1 is 1.37 bits per heavy atom. The molecular formula is C13H23ClN4O. The van der Waals surface area contributed by atoms with Crippen LogP contribution in [0, 0.1) is 6.92 Å². The summed E-state index contributed by atoms with van der Waals surface area (Å²) in [6, 6.07) is 0. The van der Waals surface area contributed by atoms with Crippen LogP contribution in [0.5, 0.6) is 0 Å². The number of aromatic nitrogens is 2. The highest BCUT2D eigenvalue weighted by molar-refractivity contribution is 6.31. The predicted molar refractivity (Wildman–Crippen MR) is 76.6 cm³/mol. The Bertz CT molecular complexity index is 402. The minimum Gasteiger partial charge on any atom is -0.379 e. The summed E-state index contributed by atoms with van der Waals surface area (Å²) in [4.78, 5) is 2.42. The Balaban J connectivity index is 1.76. The van der Waals surface area contributed by atoms with Gasteiger partial charge in [0.15, 0.2) is 0 Å². The molecule has 5 nitrogen and oxygen atoms in total. The van der Waals surface area contributed by atoms with Gasteiger partial charge in [-0.15, -0.1) is 0 Å². The van der Waals surface area contributed by atoms with Crippen LogP contribution in [0.4, 0.5) is 0 Å². The van der Waals surface area contributed by atoms with Gasteiger partial charge in [-0.1, -0.05) is 11.6 Å². The van der Waals surface area contributed by atoms with Crippen LogP contribution in [-0.2, 0) is 17.8 Å². The Hall–Kier alpha value is -0.620. The fourth-order valence-corrected chi connectivity index (χ4v) is 2.51. The molecule has 0 aromatic carbocycles. The first kappa shape index (κ1) is 14.8. The Morgan fingerprint density at radius 3 is 2.79 bits per heavy atom. The number of hydrogen-bond acceptors (Lipinski definition) is 4. The van der Waals surface area contributed by atoms with E-state index in [1.807, 2.05) is 11.6 Å². The summed E-state index contributed by atoms with van der Waals surface area (Å²) in [6.45, 7) is 11.5. The van der Waals surface area contributed by atoms with Gasteiger partial charge in [0.05, 0.1) is 29.6 Å². The van der Waals surface area contributed by atoms with Crippen molar-refractivity contribution in [1.29, 1.82) is 0 Å². The van der Waals surface area contributed by atoms with E-state index in [0.717, 1.165) is 68.9 Å². The second kappa shape index (κ2) is 7.24. The lowest BCUT2D eigenvalue weighted by Crippen LogP contribution is -2.40. The fraction of sp³-hybridized carbons (Fsp3) is 0.769. The van der Waals surface area contributed by atoms with Gasteiger partial charge in [0.25, 0.3) is 0 Å². The standard InChI is InChI=1S/C13H23ClN4O/c1-3-18-12(13(14)11(2)16-18)10-15-4-5-17-6-8-19-9-7-17/h15H,3-10H2,1-2H3. The SMILES string of the molecule is CCn1nc(C)c(Cl)c1CNCCN1CCOCC1. The summed E-state index contributed by atoms with van der Waals surface area (Å²) in [5, 5.41) is 8.66. The summed E-state index contributed by atoms with van der Waals surface area (Å²) in [5.41, 5.74) is 2.00. The van der Waals surface area contributed by atoms with Gasteiger partial charge in [-0.05, 0) is 13.8 Å². The molecule has 0 radical (unpaired) electrons. The van der Waals surface area contributed by atoms with Gasteiger partial charge in [-0.3, -0.25) is 9.58 Å². The van der Waals surface area contributed by atoms with Crippen LogP contribution >= 0.6 is 11.6 Å². The smallest absolute Gasteiger partial charge is 0.0860 e. The quantitative estimate of drug-likeness (QED) is 0.800. The highest BCUT2D eigenvalue weighted by Gasteiger charge is 2.12. The van der Waals surface area contributed by atoms with Crippen molar-refractivity contribution in [2.24, 2.45) is 0 Å². The summed E-state index contributed by atoms with van der Waals surface area (Å²) < 4.78 is 7.30. The zero-order chi connectivity index (χ0) is 13.7. The molecule has 2 heterocycles.